The fourth-order valence-electron chi connectivity index (χ4n) is 1.44. The van der Waals surface area contributed by atoms with Crippen LogP contribution in [0.2, 0.25) is 0 Å². The van der Waals surface area contributed by atoms with Gasteiger partial charge in [-0.3, -0.25) is 0 Å². The first-order chi connectivity index (χ1) is 7.56. The Balaban J connectivity index is 2.75. The van der Waals surface area contributed by atoms with Gasteiger partial charge in [-0.25, -0.2) is 0 Å². The van der Waals surface area contributed by atoms with Gasteiger partial charge in [0.25, 0.3) is 0 Å². The second kappa shape index (κ2) is 6.11. The number of nitrogens with two attached hydrogens (primary N) is 1. The van der Waals surface area contributed by atoms with Crippen molar-refractivity contribution in [2.75, 3.05) is 37.4 Å². The fourth-order valence-corrected chi connectivity index (χ4v) is 2.10. The van der Waals surface area contributed by atoms with Gasteiger partial charge in [0.2, 0.25) is 0 Å². The Morgan fingerprint density at radius 1 is 1.44 bits per heavy atom. The molecule has 2 N–H and O–H groups in total. The fraction of sp³-hybridized carbons (Fsp3) is 0.500. The van der Waals surface area contributed by atoms with E-state index in [0.717, 1.165) is 41.2 Å². The third kappa shape index (κ3) is 3.39. The summed E-state index contributed by atoms with van der Waals surface area (Å²) < 4.78 is 6.36. The van der Waals surface area contributed by atoms with Gasteiger partial charge in [-0.15, -0.1) is 0 Å². The monoisotopic (exact) mass is 286 g/mol. The van der Waals surface area contributed by atoms with Gasteiger partial charge in [-0.2, -0.15) is 0 Å². The predicted octanol–water partition coefficient (Wildman–Crippen LogP) is 2.81. The molecule has 0 saturated carbocycles. The summed E-state index contributed by atoms with van der Waals surface area (Å²) in [5.74, 6) is 0. The summed E-state index contributed by atoms with van der Waals surface area (Å²) in [6, 6.07) is 4.03. The summed E-state index contributed by atoms with van der Waals surface area (Å²) in [5.41, 5.74) is 8.90. The van der Waals surface area contributed by atoms with Crippen molar-refractivity contribution in [3.8, 4) is 0 Å². The number of likely N-dealkylation sites (N-methyl/N-ethyl adjacent to an activating group) is 1. The summed E-state index contributed by atoms with van der Waals surface area (Å²) >= 11 is 3.53. The number of hydrogen-bond acceptors (Lipinski definition) is 3. The Morgan fingerprint density at radius 2 is 2.12 bits per heavy atom. The summed E-state index contributed by atoms with van der Waals surface area (Å²) in [5, 5.41) is 0. The predicted molar refractivity (Wildman–Crippen MR) is 73.1 cm³/mol. The maximum atomic E-state index is 5.84. The van der Waals surface area contributed by atoms with Crippen LogP contribution in [0.1, 0.15) is 12.5 Å². The molecule has 0 saturated heterocycles. The highest BCUT2D eigenvalue weighted by Gasteiger charge is 2.07. The molecule has 0 aliphatic heterocycles. The Bertz CT molecular complexity index is 355. The van der Waals surface area contributed by atoms with Crippen molar-refractivity contribution in [2.24, 2.45) is 0 Å². The van der Waals surface area contributed by atoms with E-state index < -0.39 is 0 Å². The van der Waals surface area contributed by atoms with Crippen molar-refractivity contribution >= 4 is 27.3 Å². The molecule has 3 nitrogen and oxygen atoms in total. The molecule has 0 spiro atoms. The zero-order chi connectivity index (χ0) is 12.1. The van der Waals surface area contributed by atoms with E-state index in [1.54, 1.807) is 0 Å². The van der Waals surface area contributed by atoms with Crippen LogP contribution in [-0.2, 0) is 4.74 Å². The second-order valence-electron chi connectivity index (χ2n) is 3.78. The molecule has 4 heteroatoms. The molecule has 1 aromatic rings. The molecule has 0 aliphatic rings. The SMILES string of the molecule is CCOCCN(C)c1cc(C)c(N)cc1Br. The zero-order valence-corrected chi connectivity index (χ0v) is 11.7. The molecule has 0 radical (unpaired) electrons. The van der Waals surface area contributed by atoms with Crippen molar-refractivity contribution in [3.05, 3.63) is 22.2 Å². The van der Waals surface area contributed by atoms with E-state index in [-0.39, 0.29) is 0 Å². The Labute approximate surface area is 106 Å². The van der Waals surface area contributed by atoms with Gasteiger partial charge >= 0.3 is 0 Å². The van der Waals surface area contributed by atoms with E-state index in [4.69, 9.17) is 10.5 Å². The minimum atomic E-state index is 0.739. The number of nitrogens with zero attached hydrogens (tertiary/aromatic N) is 1. The molecular weight excluding hydrogens is 268 g/mol. The van der Waals surface area contributed by atoms with Crippen LogP contribution in [0.5, 0.6) is 0 Å². The van der Waals surface area contributed by atoms with Crippen molar-refractivity contribution in [1.82, 2.24) is 0 Å². The number of benzene rings is 1. The lowest BCUT2D eigenvalue weighted by molar-refractivity contribution is 0.154. The lowest BCUT2D eigenvalue weighted by atomic mass is 10.2. The highest BCUT2D eigenvalue weighted by molar-refractivity contribution is 9.10. The van der Waals surface area contributed by atoms with Crippen molar-refractivity contribution in [1.29, 1.82) is 0 Å². The van der Waals surface area contributed by atoms with E-state index in [1.807, 2.05) is 19.9 Å². The van der Waals surface area contributed by atoms with Crippen LogP contribution in [0, 0.1) is 6.92 Å². The van der Waals surface area contributed by atoms with Crippen molar-refractivity contribution < 1.29 is 4.74 Å². The molecule has 90 valence electrons. The van der Waals surface area contributed by atoms with Gasteiger partial charge in [0.15, 0.2) is 0 Å². The molecule has 1 aromatic carbocycles. The molecule has 1 rings (SSSR count). The Hall–Kier alpha value is -0.740. The van der Waals surface area contributed by atoms with Gasteiger partial charge in [0.1, 0.15) is 0 Å². The highest BCUT2D eigenvalue weighted by atomic mass is 79.9. The lowest BCUT2D eigenvalue weighted by Gasteiger charge is -2.21. The molecule has 0 aromatic heterocycles. The highest BCUT2D eigenvalue weighted by Crippen LogP contribution is 2.29. The van der Waals surface area contributed by atoms with Gasteiger partial charge in [-0.1, -0.05) is 0 Å². The van der Waals surface area contributed by atoms with Gasteiger partial charge in [-0.05, 0) is 47.5 Å². The summed E-state index contributed by atoms with van der Waals surface area (Å²) in [6.07, 6.45) is 0. The zero-order valence-electron chi connectivity index (χ0n) is 10.1. The smallest absolute Gasteiger partial charge is 0.0641 e. The maximum Gasteiger partial charge on any atom is 0.0641 e. The normalized spacial score (nSPS) is 10.5. The first kappa shape index (κ1) is 13.3. The van der Waals surface area contributed by atoms with Gasteiger partial charge < -0.3 is 15.4 Å². The Morgan fingerprint density at radius 3 is 2.75 bits per heavy atom. The number of nitrogen functional groups attached to an aromatic ring is 1. The summed E-state index contributed by atoms with van der Waals surface area (Å²) in [7, 11) is 2.05. The van der Waals surface area contributed by atoms with E-state index >= 15 is 0 Å². The number of anilines is 2. The number of rotatable bonds is 5. The lowest BCUT2D eigenvalue weighted by Crippen LogP contribution is -2.23. The molecule has 0 unspecified atom stereocenters. The summed E-state index contributed by atoms with van der Waals surface area (Å²) in [4.78, 5) is 2.16. The van der Waals surface area contributed by atoms with E-state index in [0.29, 0.717) is 0 Å². The van der Waals surface area contributed by atoms with Crippen LogP contribution in [0.3, 0.4) is 0 Å². The first-order valence-electron chi connectivity index (χ1n) is 5.40. The van der Waals surface area contributed by atoms with Crippen LogP contribution in [0.15, 0.2) is 16.6 Å². The second-order valence-corrected chi connectivity index (χ2v) is 4.63. The number of halogens is 1. The van der Waals surface area contributed by atoms with Crippen LogP contribution in [0.4, 0.5) is 11.4 Å². The van der Waals surface area contributed by atoms with E-state index in [1.165, 1.54) is 0 Å². The third-order valence-electron chi connectivity index (χ3n) is 2.52. The molecular formula is C12H19BrN2O. The van der Waals surface area contributed by atoms with E-state index in [2.05, 4.69) is 33.9 Å². The van der Waals surface area contributed by atoms with Crippen LogP contribution in [-0.4, -0.2) is 26.8 Å². The van der Waals surface area contributed by atoms with Crippen molar-refractivity contribution in [2.45, 2.75) is 13.8 Å². The molecule has 16 heavy (non-hydrogen) atoms. The van der Waals surface area contributed by atoms with Crippen molar-refractivity contribution in [3.63, 3.8) is 0 Å². The van der Waals surface area contributed by atoms with Crippen LogP contribution >= 0.6 is 15.9 Å². The molecule has 0 atom stereocenters. The largest absolute Gasteiger partial charge is 0.398 e. The van der Waals surface area contributed by atoms with Crippen LogP contribution in [0.25, 0.3) is 0 Å². The maximum absolute atomic E-state index is 5.84. The average Bonchev–Trinajstić information content (AvgIpc) is 2.23. The van der Waals surface area contributed by atoms with E-state index in [9.17, 15) is 0 Å². The minimum Gasteiger partial charge on any atom is -0.398 e. The first-order valence-corrected chi connectivity index (χ1v) is 6.20. The molecule has 0 bridgehead atoms. The topological polar surface area (TPSA) is 38.5 Å². The molecule has 0 fully saturated rings. The molecule has 0 amide bonds. The Kier molecular flexibility index (Phi) is 5.09. The molecule has 0 aliphatic carbocycles. The number of hydrogen-bond donors (Lipinski definition) is 1. The van der Waals surface area contributed by atoms with Gasteiger partial charge in [0.05, 0.1) is 12.3 Å². The minimum absolute atomic E-state index is 0.739. The number of aryl methyl sites for hydroxylation is 1. The van der Waals surface area contributed by atoms with Gasteiger partial charge in [0, 0.05) is 30.4 Å². The average molecular weight is 287 g/mol. The standard InChI is InChI=1S/C12H19BrN2O/c1-4-16-6-5-15(3)12-7-9(2)11(14)8-10(12)13/h7-8H,4-6,14H2,1-3H3. The summed E-state index contributed by atoms with van der Waals surface area (Å²) in [6.45, 7) is 6.39. The van der Waals surface area contributed by atoms with Crippen LogP contribution < -0.4 is 10.6 Å². The molecule has 0 heterocycles. The quantitative estimate of drug-likeness (QED) is 0.668. The third-order valence-corrected chi connectivity index (χ3v) is 3.16. The number of ether oxygens (including phenoxy) is 1.